The van der Waals surface area contributed by atoms with Gasteiger partial charge in [0, 0.05) is 45.2 Å². The summed E-state index contributed by atoms with van der Waals surface area (Å²) >= 11 is 0. The van der Waals surface area contributed by atoms with E-state index in [9.17, 15) is 4.79 Å². The van der Waals surface area contributed by atoms with Crippen molar-refractivity contribution < 1.29 is 14.3 Å². The number of amides is 1. The normalized spacial score (nSPS) is 35.6. The predicted molar refractivity (Wildman–Crippen MR) is 72.7 cm³/mol. The number of nitrogens with two attached hydrogens (primary N) is 1. The van der Waals surface area contributed by atoms with E-state index in [1.54, 1.807) is 12.0 Å². The molecule has 2 aliphatic rings. The number of hydrogen-bond acceptors (Lipinski definition) is 4. The van der Waals surface area contributed by atoms with Crippen LogP contribution in [-0.2, 0) is 14.3 Å². The predicted octanol–water partition coefficient (Wildman–Crippen LogP) is 0.624. The Labute approximate surface area is 115 Å². The highest BCUT2D eigenvalue weighted by molar-refractivity contribution is 5.89. The molecule has 0 aromatic rings. The molecule has 19 heavy (non-hydrogen) atoms. The zero-order chi connectivity index (χ0) is 14.3. The molecule has 1 aliphatic carbocycles. The molecule has 0 aromatic heterocycles. The van der Waals surface area contributed by atoms with Gasteiger partial charge >= 0.3 is 0 Å². The molecule has 2 rings (SSSR count). The quantitative estimate of drug-likeness (QED) is 0.744. The molecule has 110 valence electrons. The van der Waals surface area contributed by atoms with Gasteiger partial charge in [0.15, 0.2) is 0 Å². The lowest BCUT2D eigenvalue weighted by Crippen LogP contribution is -2.80. The van der Waals surface area contributed by atoms with Crippen molar-refractivity contribution in [3.63, 3.8) is 0 Å². The molecular formula is C14H26N2O3. The summed E-state index contributed by atoms with van der Waals surface area (Å²) in [7, 11) is 3.49. The molecule has 2 N–H and O–H groups in total. The molecule has 0 aromatic carbocycles. The van der Waals surface area contributed by atoms with Gasteiger partial charge in [-0.3, -0.25) is 4.79 Å². The summed E-state index contributed by atoms with van der Waals surface area (Å²) in [4.78, 5) is 14.4. The van der Waals surface area contributed by atoms with Crippen molar-refractivity contribution in [2.45, 2.75) is 38.3 Å². The topological polar surface area (TPSA) is 64.8 Å². The van der Waals surface area contributed by atoms with Crippen molar-refractivity contribution in [2.24, 2.45) is 17.1 Å². The molecule has 0 radical (unpaired) electrons. The van der Waals surface area contributed by atoms with E-state index >= 15 is 0 Å². The van der Waals surface area contributed by atoms with Crippen LogP contribution in [0.5, 0.6) is 0 Å². The van der Waals surface area contributed by atoms with Gasteiger partial charge < -0.3 is 20.1 Å². The van der Waals surface area contributed by atoms with Crippen LogP contribution in [0.25, 0.3) is 0 Å². The fourth-order valence-electron chi connectivity index (χ4n) is 3.68. The van der Waals surface area contributed by atoms with Crippen molar-refractivity contribution in [3.05, 3.63) is 0 Å². The van der Waals surface area contributed by atoms with Crippen LogP contribution in [0.2, 0.25) is 0 Å². The lowest BCUT2D eigenvalue weighted by atomic mass is 9.47. The zero-order valence-electron chi connectivity index (χ0n) is 12.4. The van der Waals surface area contributed by atoms with E-state index in [0.29, 0.717) is 13.2 Å². The molecule has 0 spiro atoms. The summed E-state index contributed by atoms with van der Waals surface area (Å²) in [5, 5.41) is 0. The largest absolute Gasteiger partial charge is 0.385 e. The van der Waals surface area contributed by atoms with Crippen molar-refractivity contribution in [1.82, 2.24) is 4.90 Å². The van der Waals surface area contributed by atoms with Crippen LogP contribution < -0.4 is 5.73 Å². The summed E-state index contributed by atoms with van der Waals surface area (Å²) in [5.74, 6) is 0.209. The molecule has 3 unspecified atom stereocenters. The highest BCUT2D eigenvalue weighted by atomic mass is 16.5. The van der Waals surface area contributed by atoms with Gasteiger partial charge in [-0.05, 0) is 12.8 Å². The SMILES string of the molecule is COCCCN(C)C(=O)C1(N)C2CCOC2C1(C)C. The fourth-order valence-corrected chi connectivity index (χ4v) is 3.68. The van der Waals surface area contributed by atoms with E-state index in [-0.39, 0.29) is 23.3 Å². The van der Waals surface area contributed by atoms with E-state index in [4.69, 9.17) is 15.2 Å². The maximum absolute atomic E-state index is 12.7. The van der Waals surface area contributed by atoms with Crippen LogP contribution in [0, 0.1) is 11.3 Å². The van der Waals surface area contributed by atoms with Gasteiger partial charge in [0.25, 0.3) is 0 Å². The average molecular weight is 270 g/mol. The minimum atomic E-state index is -0.782. The molecule has 1 aliphatic heterocycles. The molecule has 2 fully saturated rings. The Hall–Kier alpha value is -0.650. The van der Waals surface area contributed by atoms with Crippen LogP contribution in [-0.4, -0.2) is 56.4 Å². The number of methoxy groups -OCH3 is 1. The second-order valence-corrected chi connectivity index (χ2v) is 6.35. The monoisotopic (exact) mass is 270 g/mol. The highest BCUT2D eigenvalue weighted by Crippen LogP contribution is 2.58. The Bertz CT molecular complexity index is 359. The van der Waals surface area contributed by atoms with Crippen LogP contribution in [0.15, 0.2) is 0 Å². The van der Waals surface area contributed by atoms with E-state index in [2.05, 4.69) is 0 Å². The summed E-state index contributed by atoms with van der Waals surface area (Å²) < 4.78 is 10.7. The Balaban J connectivity index is 2.05. The minimum Gasteiger partial charge on any atom is -0.385 e. The number of rotatable bonds is 5. The molecule has 1 amide bonds. The summed E-state index contributed by atoms with van der Waals surface area (Å²) in [5.41, 5.74) is 5.44. The number of ether oxygens (including phenoxy) is 2. The second kappa shape index (κ2) is 5.04. The van der Waals surface area contributed by atoms with Gasteiger partial charge in [0.2, 0.25) is 5.91 Å². The Morgan fingerprint density at radius 1 is 1.53 bits per heavy atom. The summed E-state index contributed by atoms with van der Waals surface area (Å²) in [6.07, 6.45) is 1.86. The van der Waals surface area contributed by atoms with Gasteiger partial charge in [-0.15, -0.1) is 0 Å². The van der Waals surface area contributed by atoms with Crippen molar-refractivity contribution in [1.29, 1.82) is 0 Å². The van der Waals surface area contributed by atoms with Crippen molar-refractivity contribution >= 4 is 5.91 Å². The van der Waals surface area contributed by atoms with Crippen molar-refractivity contribution in [3.8, 4) is 0 Å². The van der Waals surface area contributed by atoms with Crippen LogP contribution >= 0.6 is 0 Å². The van der Waals surface area contributed by atoms with E-state index in [0.717, 1.165) is 19.4 Å². The standard InChI is InChI=1S/C14H26N2O3/c1-13(2)11-10(6-9-19-11)14(13,15)12(17)16(3)7-5-8-18-4/h10-11H,5-9,15H2,1-4H3. The third-order valence-corrected chi connectivity index (χ3v) is 5.00. The van der Waals surface area contributed by atoms with Gasteiger partial charge in [0.05, 0.1) is 6.10 Å². The van der Waals surface area contributed by atoms with Gasteiger partial charge in [-0.25, -0.2) is 0 Å². The third kappa shape index (κ3) is 1.99. The average Bonchev–Trinajstić information content (AvgIpc) is 2.85. The van der Waals surface area contributed by atoms with Crippen LogP contribution in [0.4, 0.5) is 0 Å². The Kier molecular flexibility index (Phi) is 3.91. The first kappa shape index (κ1) is 14.8. The number of fused-ring (bicyclic) bond motifs is 1. The smallest absolute Gasteiger partial charge is 0.243 e. The minimum absolute atomic E-state index is 0.0420. The van der Waals surface area contributed by atoms with E-state index in [1.165, 1.54) is 0 Å². The summed E-state index contributed by atoms with van der Waals surface area (Å²) in [6, 6.07) is 0. The van der Waals surface area contributed by atoms with E-state index < -0.39 is 5.54 Å². The molecule has 5 heteroatoms. The molecule has 1 heterocycles. The lowest BCUT2D eigenvalue weighted by molar-refractivity contribution is -0.183. The van der Waals surface area contributed by atoms with Gasteiger partial charge in [0.1, 0.15) is 5.54 Å². The van der Waals surface area contributed by atoms with E-state index in [1.807, 2.05) is 20.9 Å². The zero-order valence-corrected chi connectivity index (χ0v) is 12.4. The number of likely N-dealkylation sites (N-methyl/N-ethyl adjacent to an activating group) is 1. The first-order valence-electron chi connectivity index (χ1n) is 7.02. The molecule has 1 saturated carbocycles. The molecule has 5 nitrogen and oxygen atoms in total. The van der Waals surface area contributed by atoms with Crippen LogP contribution in [0.1, 0.15) is 26.7 Å². The molecule has 1 saturated heterocycles. The number of nitrogens with zero attached hydrogens (tertiary/aromatic N) is 1. The second-order valence-electron chi connectivity index (χ2n) is 6.35. The number of hydrogen-bond donors (Lipinski definition) is 1. The summed E-state index contributed by atoms with van der Waals surface area (Å²) in [6.45, 7) is 6.15. The Morgan fingerprint density at radius 3 is 2.84 bits per heavy atom. The number of carbonyl (C=O) groups excluding carboxylic acids is 1. The highest BCUT2D eigenvalue weighted by Gasteiger charge is 2.71. The maximum Gasteiger partial charge on any atom is 0.243 e. The van der Waals surface area contributed by atoms with Crippen molar-refractivity contribution in [2.75, 3.05) is 33.9 Å². The Morgan fingerprint density at radius 2 is 2.21 bits per heavy atom. The number of carbonyl (C=O) groups is 1. The third-order valence-electron chi connectivity index (χ3n) is 5.00. The fraction of sp³-hybridized carbons (Fsp3) is 0.929. The molecule has 0 bridgehead atoms. The first-order valence-corrected chi connectivity index (χ1v) is 7.02. The van der Waals surface area contributed by atoms with Gasteiger partial charge in [-0.1, -0.05) is 13.8 Å². The van der Waals surface area contributed by atoms with Gasteiger partial charge in [-0.2, -0.15) is 0 Å². The maximum atomic E-state index is 12.7. The lowest BCUT2D eigenvalue weighted by Gasteiger charge is -2.61. The first-order chi connectivity index (χ1) is 8.87. The van der Waals surface area contributed by atoms with Crippen LogP contribution in [0.3, 0.4) is 0 Å². The molecular weight excluding hydrogens is 244 g/mol. The molecule has 3 atom stereocenters.